The van der Waals surface area contributed by atoms with Gasteiger partial charge in [-0.15, -0.1) is 11.6 Å². The Morgan fingerprint density at radius 3 is 2.90 bits per heavy atom. The van der Waals surface area contributed by atoms with E-state index in [9.17, 15) is 14.9 Å². The maximum Gasteiger partial charge on any atom is 0.282 e. The number of hydrogen-bond donors (Lipinski definition) is 0. The molecule has 0 spiro atoms. The molecule has 2 atom stereocenters. The van der Waals surface area contributed by atoms with Crippen molar-refractivity contribution in [3.8, 4) is 0 Å². The Hall–Kier alpha value is -1.66. The van der Waals surface area contributed by atoms with Crippen molar-refractivity contribution in [3.05, 3.63) is 39.4 Å². The van der Waals surface area contributed by atoms with E-state index in [4.69, 9.17) is 16.3 Å². The number of ether oxygens (including phenoxy) is 1. The highest BCUT2D eigenvalue weighted by molar-refractivity contribution is 6.18. The van der Waals surface area contributed by atoms with Gasteiger partial charge in [0.15, 0.2) is 0 Å². The van der Waals surface area contributed by atoms with Crippen LogP contribution in [-0.2, 0) is 4.74 Å². The van der Waals surface area contributed by atoms with Gasteiger partial charge in [0, 0.05) is 12.6 Å². The largest absolute Gasteiger partial charge is 0.373 e. The molecule has 2 unspecified atom stereocenters. The standard InChI is InChI=1S/C14H17ClN2O4/c1-9-4-3-5-12(17(19)20)13(9)14(18)16-7-11(6-15)21-8-10(16)2/h3-5,10-11H,6-8H2,1-2H3. The molecular weight excluding hydrogens is 296 g/mol. The lowest BCUT2D eigenvalue weighted by molar-refractivity contribution is -0.385. The van der Waals surface area contributed by atoms with Crippen LogP contribution in [0.3, 0.4) is 0 Å². The maximum atomic E-state index is 12.7. The van der Waals surface area contributed by atoms with E-state index < -0.39 is 4.92 Å². The van der Waals surface area contributed by atoms with Crippen molar-refractivity contribution in [2.75, 3.05) is 19.0 Å². The summed E-state index contributed by atoms with van der Waals surface area (Å²) < 4.78 is 5.50. The van der Waals surface area contributed by atoms with Crippen molar-refractivity contribution < 1.29 is 14.5 Å². The lowest BCUT2D eigenvalue weighted by atomic mass is 10.0. The number of nitro benzene ring substituents is 1. The molecule has 1 aliphatic rings. The Morgan fingerprint density at radius 2 is 2.29 bits per heavy atom. The Balaban J connectivity index is 2.37. The number of morpholine rings is 1. The molecule has 0 saturated carbocycles. The van der Waals surface area contributed by atoms with Crippen LogP contribution in [0.2, 0.25) is 0 Å². The van der Waals surface area contributed by atoms with Gasteiger partial charge >= 0.3 is 0 Å². The SMILES string of the molecule is Cc1cccc([N+](=O)[O-])c1C(=O)N1CC(CCl)OCC1C. The van der Waals surface area contributed by atoms with Gasteiger partial charge in [0.05, 0.1) is 29.6 Å². The number of alkyl halides is 1. The van der Waals surface area contributed by atoms with Crippen molar-refractivity contribution in [2.45, 2.75) is 26.0 Å². The Morgan fingerprint density at radius 1 is 1.57 bits per heavy atom. The molecule has 0 radical (unpaired) electrons. The molecule has 0 aromatic heterocycles. The zero-order valence-electron chi connectivity index (χ0n) is 11.9. The van der Waals surface area contributed by atoms with Gasteiger partial charge in [-0.2, -0.15) is 0 Å². The van der Waals surface area contributed by atoms with E-state index in [1.54, 1.807) is 24.0 Å². The molecule has 1 aromatic rings. The molecule has 6 nitrogen and oxygen atoms in total. The molecule has 2 rings (SSSR count). The second kappa shape index (κ2) is 6.41. The summed E-state index contributed by atoms with van der Waals surface area (Å²) >= 11 is 5.79. The van der Waals surface area contributed by atoms with Crippen molar-refractivity contribution in [1.82, 2.24) is 4.90 Å². The van der Waals surface area contributed by atoms with Crippen LogP contribution in [0.5, 0.6) is 0 Å². The molecule has 1 amide bonds. The minimum absolute atomic E-state index is 0.142. The lowest BCUT2D eigenvalue weighted by Gasteiger charge is -2.37. The summed E-state index contributed by atoms with van der Waals surface area (Å²) in [6, 6.07) is 4.49. The van der Waals surface area contributed by atoms with Crippen LogP contribution < -0.4 is 0 Å². The van der Waals surface area contributed by atoms with E-state index in [2.05, 4.69) is 0 Å². The van der Waals surface area contributed by atoms with Crippen LogP contribution in [0, 0.1) is 17.0 Å². The molecule has 1 heterocycles. The van der Waals surface area contributed by atoms with Crippen LogP contribution in [0.15, 0.2) is 18.2 Å². The number of carbonyl (C=O) groups is 1. The van der Waals surface area contributed by atoms with E-state index in [0.29, 0.717) is 18.7 Å². The number of carbonyl (C=O) groups excluding carboxylic acids is 1. The second-order valence-electron chi connectivity index (χ2n) is 5.14. The molecule has 0 bridgehead atoms. The summed E-state index contributed by atoms with van der Waals surface area (Å²) in [5.41, 5.74) is 0.570. The summed E-state index contributed by atoms with van der Waals surface area (Å²) in [5.74, 6) is -0.0578. The van der Waals surface area contributed by atoms with Crippen LogP contribution >= 0.6 is 11.6 Å². The molecule has 1 fully saturated rings. The molecule has 0 aliphatic carbocycles. The first-order valence-electron chi connectivity index (χ1n) is 6.68. The number of amides is 1. The van der Waals surface area contributed by atoms with Crippen LogP contribution in [-0.4, -0.2) is 46.9 Å². The molecule has 1 aliphatic heterocycles. The lowest BCUT2D eigenvalue weighted by Crippen LogP contribution is -2.51. The molecule has 1 aromatic carbocycles. The summed E-state index contributed by atoms with van der Waals surface area (Å²) in [5, 5.41) is 11.2. The van der Waals surface area contributed by atoms with Gasteiger partial charge in [0.1, 0.15) is 5.56 Å². The first kappa shape index (κ1) is 15.7. The Labute approximate surface area is 127 Å². The van der Waals surface area contributed by atoms with E-state index in [1.807, 2.05) is 6.92 Å². The van der Waals surface area contributed by atoms with Crippen molar-refractivity contribution in [2.24, 2.45) is 0 Å². The number of benzene rings is 1. The molecule has 114 valence electrons. The highest BCUT2D eigenvalue weighted by Crippen LogP contribution is 2.26. The maximum absolute atomic E-state index is 12.7. The van der Waals surface area contributed by atoms with Gasteiger partial charge < -0.3 is 9.64 Å². The smallest absolute Gasteiger partial charge is 0.282 e. The van der Waals surface area contributed by atoms with Gasteiger partial charge in [-0.05, 0) is 19.4 Å². The fraction of sp³-hybridized carbons (Fsp3) is 0.500. The molecule has 7 heteroatoms. The van der Waals surface area contributed by atoms with Crippen molar-refractivity contribution >= 4 is 23.2 Å². The van der Waals surface area contributed by atoms with Gasteiger partial charge in [-0.25, -0.2) is 0 Å². The fourth-order valence-electron chi connectivity index (χ4n) is 2.42. The Kier molecular flexibility index (Phi) is 4.80. The minimum atomic E-state index is -0.523. The number of aryl methyl sites for hydroxylation is 1. The van der Waals surface area contributed by atoms with Crippen LogP contribution in [0.1, 0.15) is 22.8 Å². The molecular formula is C14H17ClN2O4. The highest BCUT2D eigenvalue weighted by atomic mass is 35.5. The first-order chi connectivity index (χ1) is 9.95. The Bertz CT molecular complexity index is 564. The normalized spacial score (nSPS) is 22.1. The van der Waals surface area contributed by atoms with Crippen molar-refractivity contribution in [1.29, 1.82) is 0 Å². The number of halogens is 1. The molecule has 1 saturated heterocycles. The zero-order valence-corrected chi connectivity index (χ0v) is 12.7. The minimum Gasteiger partial charge on any atom is -0.373 e. The van der Waals surface area contributed by atoms with Crippen LogP contribution in [0.25, 0.3) is 0 Å². The third-order valence-electron chi connectivity index (χ3n) is 3.60. The number of hydrogen-bond acceptors (Lipinski definition) is 4. The van der Waals surface area contributed by atoms with E-state index in [0.717, 1.165) is 0 Å². The average Bonchev–Trinajstić information content (AvgIpc) is 2.46. The van der Waals surface area contributed by atoms with Gasteiger partial charge in [-0.1, -0.05) is 12.1 Å². The van der Waals surface area contributed by atoms with E-state index in [-0.39, 0.29) is 35.2 Å². The number of nitrogens with zero attached hydrogens (tertiary/aromatic N) is 2. The monoisotopic (exact) mass is 312 g/mol. The number of nitro groups is 1. The van der Waals surface area contributed by atoms with Gasteiger partial charge in [0.2, 0.25) is 0 Å². The molecule has 21 heavy (non-hydrogen) atoms. The predicted octanol–water partition coefficient (Wildman–Crippen LogP) is 2.37. The van der Waals surface area contributed by atoms with Crippen LogP contribution in [0.4, 0.5) is 5.69 Å². The molecule has 0 N–H and O–H groups in total. The quantitative estimate of drug-likeness (QED) is 0.488. The third kappa shape index (κ3) is 3.16. The summed E-state index contributed by atoms with van der Waals surface area (Å²) in [6.07, 6.45) is -0.241. The van der Waals surface area contributed by atoms with Gasteiger partial charge in [0.25, 0.3) is 11.6 Å². The summed E-state index contributed by atoms with van der Waals surface area (Å²) in [7, 11) is 0. The number of rotatable bonds is 3. The fourth-order valence-corrected chi connectivity index (χ4v) is 2.61. The zero-order chi connectivity index (χ0) is 15.6. The summed E-state index contributed by atoms with van der Waals surface area (Å²) in [4.78, 5) is 25.0. The summed E-state index contributed by atoms with van der Waals surface area (Å²) in [6.45, 7) is 4.27. The average molecular weight is 313 g/mol. The highest BCUT2D eigenvalue weighted by Gasteiger charge is 2.33. The van der Waals surface area contributed by atoms with Crippen molar-refractivity contribution in [3.63, 3.8) is 0 Å². The third-order valence-corrected chi connectivity index (χ3v) is 3.94. The predicted molar refractivity (Wildman–Crippen MR) is 78.8 cm³/mol. The van der Waals surface area contributed by atoms with E-state index >= 15 is 0 Å². The first-order valence-corrected chi connectivity index (χ1v) is 7.21. The second-order valence-corrected chi connectivity index (χ2v) is 5.45. The van der Waals surface area contributed by atoms with Gasteiger partial charge in [-0.3, -0.25) is 14.9 Å². The topological polar surface area (TPSA) is 72.7 Å². The van der Waals surface area contributed by atoms with E-state index in [1.165, 1.54) is 6.07 Å².